The molecule has 0 spiro atoms. The minimum Gasteiger partial charge on any atom is -0.495 e. The van der Waals surface area contributed by atoms with Crippen LogP contribution in [-0.4, -0.2) is 38.3 Å². The van der Waals surface area contributed by atoms with Crippen molar-refractivity contribution in [2.24, 2.45) is 0 Å². The number of hydrogen-bond donors (Lipinski definition) is 3. The molecule has 11 nitrogen and oxygen atoms in total. The summed E-state index contributed by atoms with van der Waals surface area (Å²) in [5.74, 6) is -1.53. The maximum atomic E-state index is 12.5. The molecule has 0 unspecified atom stereocenters. The van der Waals surface area contributed by atoms with Crippen LogP contribution in [0, 0.1) is 10.1 Å². The van der Waals surface area contributed by atoms with Crippen molar-refractivity contribution < 1.29 is 27.7 Å². The van der Waals surface area contributed by atoms with Gasteiger partial charge in [-0.1, -0.05) is 6.07 Å². The van der Waals surface area contributed by atoms with Gasteiger partial charge in [0.2, 0.25) is 10.0 Å². The number of rotatable bonds is 7. The summed E-state index contributed by atoms with van der Waals surface area (Å²) < 4.78 is 32.4. The molecule has 2 aromatic carbocycles. The smallest absolute Gasteiger partial charge is 0.270 e. The Morgan fingerprint density at radius 2 is 1.63 bits per heavy atom. The molecular formula is C18H20N4O7S. The summed E-state index contributed by atoms with van der Waals surface area (Å²) in [6, 6.07) is 8.30. The van der Waals surface area contributed by atoms with Gasteiger partial charge in [-0.05, 0) is 38.1 Å². The molecule has 0 aliphatic carbocycles. The molecule has 160 valence electrons. The van der Waals surface area contributed by atoms with Crippen LogP contribution >= 0.6 is 0 Å². The predicted octanol–water partition coefficient (Wildman–Crippen LogP) is 1.36. The molecular weight excluding hydrogens is 416 g/mol. The Morgan fingerprint density at radius 3 is 2.17 bits per heavy atom. The number of non-ortho nitro benzene ring substituents is 1. The lowest BCUT2D eigenvalue weighted by atomic mass is 10.2. The lowest BCUT2D eigenvalue weighted by molar-refractivity contribution is -0.384. The monoisotopic (exact) mass is 436 g/mol. The second-order valence-electron chi connectivity index (χ2n) is 6.36. The fourth-order valence-electron chi connectivity index (χ4n) is 2.42. The van der Waals surface area contributed by atoms with Gasteiger partial charge in [0.25, 0.3) is 17.5 Å². The molecule has 0 radical (unpaired) electrons. The molecule has 0 bridgehead atoms. The van der Waals surface area contributed by atoms with Crippen molar-refractivity contribution in [1.29, 1.82) is 0 Å². The Morgan fingerprint density at radius 1 is 1.03 bits per heavy atom. The topological polar surface area (TPSA) is 157 Å². The second-order valence-corrected chi connectivity index (χ2v) is 8.04. The number of amides is 2. The number of ether oxygens (including phenoxy) is 1. The van der Waals surface area contributed by atoms with Gasteiger partial charge in [0.15, 0.2) is 0 Å². The number of nitrogens with zero attached hydrogens (tertiary/aromatic N) is 1. The van der Waals surface area contributed by atoms with Crippen LogP contribution in [0.1, 0.15) is 34.6 Å². The van der Waals surface area contributed by atoms with Crippen LogP contribution < -0.4 is 20.3 Å². The van der Waals surface area contributed by atoms with E-state index in [4.69, 9.17) is 4.74 Å². The first-order chi connectivity index (χ1) is 14.0. The number of hydrogen-bond acceptors (Lipinski definition) is 7. The van der Waals surface area contributed by atoms with E-state index in [-0.39, 0.29) is 33.5 Å². The van der Waals surface area contributed by atoms with Crippen LogP contribution in [0.15, 0.2) is 47.4 Å². The van der Waals surface area contributed by atoms with Crippen molar-refractivity contribution in [2.75, 3.05) is 7.11 Å². The molecule has 0 heterocycles. The number of carbonyl (C=O) groups is 2. The van der Waals surface area contributed by atoms with Crippen molar-refractivity contribution in [1.82, 2.24) is 15.6 Å². The zero-order valence-electron chi connectivity index (χ0n) is 16.3. The lowest BCUT2D eigenvalue weighted by Gasteiger charge is -2.14. The fourth-order valence-corrected chi connectivity index (χ4v) is 3.87. The van der Waals surface area contributed by atoms with Crippen molar-refractivity contribution in [2.45, 2.75) is 24.8 Å². The van der Waals surface area contributed by atoms with Crippen LogP contribution in [0.5, 0.6) is 5.75 Å². The van der Waals surface area contributed by atoms with Gasteiger partial charge in [-0.25, -0.2) is 13.1 Å². The van der Waals surface area contributed by atoms with Crippen LogP contribution in [0.4, 0.5) is 5.69 Å². The summed E-state index contributed by atoms with van der Waals surface area (Å²) in [4.78, 5) is 34.4. The van der Waals surface area contributed by atoms with Gasteiger partial charge < -0.3 is 4.74 Å². The molecule has 12 heteroatoms. The molecule has 2 rings (SSSR count). The summed E-state index contributed by atoms with van der Waals surface area (Å²) in [6.45, 7) is 3.29. The van der Waals surface area contributed by atoms with E-state index in [1.807, 2.05) is 0 Å². The van der Waals surface area contributed by atoms with Crippen molar-refractivity contribution in [3.8, 4) is 5.75 Å². The SMILES string of the molecule is COc1ccc(C(=O)NNC(=O)c2cccc([N+](=O)[O-])c2)cc1S(=O)(=O)NC(C)C. The maximum Gasteiger partial charge on any atom is 0.270 e. The van der Waals surface area contributed by atoms with Crippen LogP contribution in [-0.2, 0) is 10.0 Å². The minimum absolute atomic E-state index is 0.0383. The maximum absolute atomic E-state index is 12.5. The first kappa shape index (κ1) is 22.8. The molecule has 0 aliphatic heterocycles. The molecule has 2 aromatic rings. The van der Waals surface area contributed by atoms with Gasteiger partial charge in [0.05, 0.1) is 12.0 Å². The standard InChI is InChI=1S/C18H20N4O7S/c1-11(2)21-30(27,28)16-10-13(7-8-15(16)29-3)18(24)20-19-17(23)12-5-4-6-14(9-12)22(25)26/h4-11,21H,1-3H3,(H,19,23)(H,20,24). The highest BCUT2D eigenvalue weighted by Gasteiger charge is 2.23. The Hall–Kier alpha value is -3.51. The average Bonchev–Trinajstić information content (AvgIpc) is 2.70. The molecule has 0 saturated heterocycles. The van der Waals surface area contributed by atoms with Gasteiger partial charge in [-0.15, -0.1) is 0 Å². The Kier molecular flexibility index (Phi) is 7.08. The molecule has 30 heavy (non-hydrogen) atoms. The summed E-state index contributed by atoms with van der Waals surface area (Å²) >= 11 is 0. The first-order valence-corrected chi connectivity index (χ1v) is 10.1. The number of nitrogens with one attached hydrogen (secondary N) is 3. The highest BCUT2D eigenvalue weighted by molar-refractivity contribution is 7.89. The van der Waals surface area contributed by atoms with Crippen molar-refractivity contribution in [3.63, 3.8) is 0 Å². The fraction of sp³-hybridized carbons (Fsp3) is 0.222. The number of sulfonamides is 1. The highest BCUT2D eigenvalue weighted by Crippen LogP contribution is 2.25. The molecule has 0 saturated carbocycles. The van der Waals surface area contributed by atoms with E-state index in [1.165, 1.54) is 37.4 Å². The van der Waals surface area contributed by atoms with Crippen LogP contribution in [0.2, 0.25) is 0 Å². The van der Waals surface area contributed by atoms with Gasteiger partial charge in [-0.3, -0.25) is 30.6 Å². The van der Waals surface area contributed by atoms with E-state index < -0.39 is 26.8 Å². The van der Waals surface area contributed by atoms with Crippen molar-refractivity contribution in [3.05, 3.63) is 63.7 Å². The summed E-state index contributed by atoms with van der Waals surface area (Å²) in [7, 11) is -2.66. The number of methoxy groups -OCH3 is 1. The molecule has 0 atom stereocenters. The lowest BCUT2D eigenvalue weighted by Crippen LogP contribution is -2.41. The van der Waals surface area contributed by atoms with Gasteiger partial charge in [0, 0.05) is 29.3 Å². The van der Waals surface area contributed by atoms with E-state index >= 15 is 0 Å². The normalized spacial score (nSPS) is 11.1. The third-order valence-corrected chi connectivity index (χ3v) is 5.39. The van der Waals surface area contributed by atoms with E-state index in [1.54, 1.807) is 13.8 Å². The number of hydrazine groups is 1. The summed E-state index contributed by atoms with van der Waals surface area (Å²) in [5.41, 5.74) is 3.89. The molecule has 0 aliphatic rings. The molecule has 0 fully saturated rings. The number of benzene rings is 2. The quantitative estimate of drug-likeness (QED) is 0.437. The largest absolute Gasteiger partial charge is 0.495 e. The third-order valence-electron chi connectivity index (χ3n) is 3.71. The third kappa shape index (κ3) is 5.52. The molecule has 2 amide bonds. The van der Waals surface area contributed by atoms with E-state index in [2.05, 4.69) is 15.6 Å². The minimum atomic E-state index is -3.95. The second kappa shape index (κ2) is 9.33. The van der Waals surface area contributed by atoms with Crippen molar-refractivity contribution >= 4 is 27.5 Å². The molecule has 3 N–H and O–H groups in total. The Labute approximate surface area is 172 Å². The Bertz CT molecular complexity index is 1080. The average molecular weight is 436 g/mol. The number of nitro groups is 1. The van der Waals surface area contributed by atoms with Crippen LogP contribution in [0.3, 0.4) is 0 Å². The first-order valence-electron chi connectivity index (χ1n) is 8.60. The van der Waals surface area contributed by atoms with E-state index in [0.29, 0.717) is 0 Å². The summed E-state index contributed by atoms with van der Waals surface area (Å²) in [6.07, 6.45) is 0. The predicted molar refractivity (Wildman–Crippen MR) is 106 cm³/mol. The van der Waals surface area contributed by atoms with Crippen LogP contribution in [0.25, 0.3) is 0 Å². The zero-order chi connectivity index (χ0) is 22.5. The zero-order valence-corrected chi connectivity index (χ0v) is 17.1. The van der Waals surface area contributed by atoms with E-state index in [0.717, 1.165) is 12.1 Å². The summed E-state index contributed by atoms with van der Waals surface area (Å²) in [5, 5.41) is 10.8. The van der Waals surface area contributed by atoms with Gasteiger partial charge in [0.1, 0.15) is 10.6 Å². The highest BCUT2D eigenvalue weighted by atomic mass is 32.2. The van der Waals surface area contributed by atoms with E-state index in [9.17, 15) is 28.1 Å². The number of carbonyl (C=O) groups excluding carboxylic acids is 2. The van der Waals surface area contributed by atoms with Gasteiger partial charge in [-0.2, -0.15) is 0 Å². The Balaban J connectivity index is 2.19. The van der Waals surface area contributed by atoms with Gasteiger partial charge >= 0.3 is 0 Å². The molecule has 0 aromatic heterocycles. The number of nitro benzene ring substituents is 1.